The van der Waals surface area contributed by atoms with Gasteiger partial charge in [0.25, 0.3) is 5.91 Å². The van der Waals surface area contributed by atoms with Gasteiger partial charge in [0.1, 0.15) is 19.3 Å². The SMILES string of the molecule is COc1ccc2c(c1OCc1ccccc1)CC(C(=O)O)N(C(=O)C(OCC(F)(F)F)c1ccccc1)C2. The highest BCUT2D eigenvalue weighted by molar-refractivity contribution is 5.88. The van der Waals surface area contributed by atoms with E-state index in [4.69, 9.17) is 14.2 Å². The molecule has 2 atom stereocenters. The van der Waals surface area contributed by atoms with Crippen LogP contribution in [0.1, 0.15) is 28.4 Å². The number of carboxylic acid groups (broad SMARTS) is 1. The van der Waals surface area contributed by atoms with Gasteiger partial charge in [-0.25, -0.2) is 4.79 Å². The molecule has 1 aliphatic heterocycles. The van der Waals surface area contributed by atoms with E-state index in [9.17, 15) is 27.9 Å². The van der Waals surface area contributed by atoms with Gasteiger partial charge >= 0.3 is 12.1 Å². The number of carbonyl (C=O) groups excluding carboxylic acids is 1. The van der Waals surface area contributed by atoms with E-state index in [2.05, 4.69) is 0 Å². The average molecular weight is 530 g/mol. The third-order valence-corrected chi connectivity index (χ3v) is 6.19. The zero-order valence-electron chi connectivity index (χ0n) is 20.5. The largest absolute Gasteiger partial charge is 0.493 e. The van der Waals surface area contributed by atoms with Crippen molar-refractivity contribution < 1.29 is 42.1 Å². The predicted octanol–water partition coefficient (Wildman–Crippen LogP) is 4.93. The second-order valence-corrected chi connectivity index (χ2v) is 8.75. The number of carboxylic acids is 1. The Balaban J connectivity index is 1.67. The van der Waals surface area contributed by atoms with Crippen molar-refractivity contribution in [2.75, 3.05) is 13.7 Å². The van der Waals surface area contributed by atoms with E-state index in [1.807, 2.05) is 30.3 Å². The van der Waals surface area contributed by atoms with Crippen molar-refractivity contribution in [2.24, 2.45) is 0 Å². The van der Waals surface area contributed by atoms with Crippen LogP contribution >= 0.6 is 0 Å². The number of rotatable bonds is 9. The van der Waals surface area contributed by atoms with Gasteiger partial charge in [-0.2, -0.15) is 13.2 Å². The van der Waals surface area contributed by atoms with Crippen LogP contribution in [0.4, 0.5) is 13.2 Å². The number of methoxy groups -OCH3 is 1. The Morgan fingerprint density at radius 1 is 1.03 bits per heavy atom. The van der Waals surface area contributed by atoms with Gasteiger partial charge in [0.15, 0.2) is 17.6 Å². The fourth-order valence-electron chi connectivity index (χ4n) is 4.38. The lowest BCUT2D eigenvalue weighted by atomic mass is 9.91. The van der Waals surface area contributed by atoms with Gasteiger partial charge in [0.05, 0.1) is 7.11 Å². The smallest absolute Gasteiger partial charge is 0.411 e. The molecule has 0 radical (unpaired) electrons. The summed E-state index contributed by atoms with van der Waals surface area (Å²) in [5, 5.41) is 10.0. The number of amides is 1. The van der Waals surface area contributed by atoms with Gasteiger partial charge in [0, 0.05) is 18.5 Å². The molecule has 2 unspecified atom stereocenters. The van der Waals surface area contributed by atoms with E-state index in [1.54, 1.807) is 30.3 Å². The molecule has 0 fully saturated rings. The van der Waals surface area contributed by atoms with Gasteiger partial charge < -0.3 is 24.2 Å². The van der Waals surface area contributed by atoms with Crippen LogP contribution in [0.25, 0.3) is 0 Å². The summed E-state index contributed by atoms with van der Waals surface area (Å²) in [7, 11) is 1.47. The van der Waals surface area contributed by atoms with Crippen LogP contribution in [0.5, 0.6) is 11.5 Å². The van der Waals surface area contributed by atoms with Crippen LogP contribution < -0.4 is 9.47 Å². The Hall–Kier alpha value is -4.05. The van der Waals surface area contributed by atoms with Crippen LogP contribution in [-0.4, -0.2) is 47.8 Å². The lowest BCUT2D eigenvalue weighted by Crippen LogP contribution is -2.50. The summed E-state index contributed by atoms with van der Waals surface area (Å²) in [5.41, 5.74) is 2.24. The van der Waals surface area contributed by atoms with Crippen molar-refractivity contribution in [1.82, 2.24) is 4.90 Å². The minimum atomic E-state index is -4.67. The molecular weight excluding hydrogens is 503 g/mol. The zero-order chi connectivity index (χ0) is 27.3. The molecule has 3 aromatic rings. The van der Waals surface area contributed by atoms with Crippen molar-refractivity contribution in [2.45, 2.75) is 37.9 Å². The van der Waals surface area contributed by atoms with Crippen LogP contribution in [-0.2, 0) is 33.9 Å². The molecule has 200 valence electrons. The first-order valence-corrected chi connectivity index (χ1v) is 11.8. The van der Waals surface area contributed by atoms with Crippen molar-refractivity contribution >= 4 is 11.9 Å². The maximum absolute atomic E-state index is 13.6. The van der Waals surface area contributed by atoms with Crippen LogP contribution in [0.3, 0.4) is 0 Å². The van der Waals surface area contributed by atoms with Crippen molar-refractivity contribution in [3.8, 4) is 11.5 Å². The molecule has 0 aromatic heterocycles. The molecule has 10 heteroatoms. The molecule has 1 aliphatic rings. The van der Waals surface area contributed by atoms with E-state index in [-0.39, 0.29) is 25.1 Å². The molecule has 0 aliphatic carbocycles. The van der Waals surface area contributed by atoms with Crippen molar-refractivity contribution in [3.05, 3.63) is 95.1 Å². The van der Waals surface area contributed by atoms with E-state index < -0.39 is 36.8 Å². The predicted molar refractivity (Wildman–Crippen MR) is 131 cm³/mol. The second kappa shape index (κ2) is 11.6. The summed E-state index contributed by atoms with van der Waals surface area (Å²) in [6.07, 6.45) is -6.43. The number of fused-ring (bicyclic) bond motifs is 1. The number of hydrogen-bond acceptors (Lipinski definition) is 5. The van der Waals surface area contributed by atoms with Gasteiger partial charge in [-0.15, -0.1) is 0 Å². The Bertz CT molecular complexity index is 1270. The number of aliphatic carboxylic acids is 1. The highest BCUT2D eigenvalue weighted by Crippen LogP contribution is 2.40. The first-order valence-electron chi connectivity index (χ1n) is 11.8. The third kappa shape index (κ3) is 6.25. The van der Waals surface area contributed by atoms with Crippen LogP contribution in [0.15, 0.2) is 72.8 Å². The summed E-state index contributed by atoms with van der Waals surface area (Å²) < 4.78 is 55.5. The molecule has 1 N–H and O–H groups in total. The van der Waals surface area contributed by atoms with E-state index in [1.165, 1.54) is 19.2 Å². The Morgan fingerprint density at radius 2 is 1.68 bits per heavy atom. The fraction of sp³-hybridized carbons (Fsp3) is 0.286. The number of carbonyl (C=O) groups is 2. The number of ether oxygens (including phenoxy) is 3. The fourth-order valence-corrected chi connectivity index (χ4v) is 4.38. The van der Waals surface area contributed by atoms with E-state index in [0.29, 0.717) is 22.6 Å². The molecule has 1 amide bonds. The maximum Gasteiger partial charge on any atom is 0.411 e. The topological polar surface area (TPSA) is 85.3 Å². The van der Waals surface area contributed by atoms with Crippen molar-refractivity contribution in [1.29, 1.82) is 0 Å². The van der Waals surface area contributed by atoms with Gasteiger partial charge in [-0.3, -0.25) is 4.79 Å². The Morgan fingerprint density at radius 3 is 2.29 bits per heavy atom. The van der Waals surface area contributed by atoms with Gasteiger partial charge in [-0.1, -0.05) is 66.7 Å². The first kappa shape index (κ1) is 27.0. The minimum absolute atomic E-state index is 0.126. The summed E-state index contributed by atoms with van der Waals surface area (Å²) in [5.74, 6) is -1.41. The molecule has 7 nitrogen and oxygen atoms in total. The van der Waals surface area contributed by atoms with Crippen molar-refractivity contribution in [3.63, 3.8) is 0 Å². The molecule has 38 heavy (non-hydrogen) atoms. The van der Waals surface area contributed by atoms with Crippen LogP contribution in [0.2, 0.25) is 0 Å². The molecule has 0 spiro atoms. The quantitative estimate of drug-likeness (QED) is 0.423. The number of hydrogen-bond donors (Lipinski definition) is 1. The molecule has 3 aromatic carbocycles. The maximum atomic E-state index is 13.6. The molecule has 0 saturated carbocycles. The standard InChI is InChI=1S/C28H26F3NO6/c1-36-23-13-12-20-15-32(26(33)24(38-17-28(29,30)31)19-10-6-3-7-11-19)22(27(34)35)14-21(20)25(23)37-16-18-8-4-2-5-9-18/h2-13,22,24H,14-17H2,1H3,(H,34,35). The molecule has 0 saturated heterocycles. The average Bonchev–Trinajstić information content (AvgIpc) is 2.91. The minimum Gasteiger partial charge on any atom is -0.493 e. The van der Waals surface area contributed by atoms with E-state index >= 15 is 0 Å². The molecule has 1 heterocycles. The molecule has 0 bridgehead atoms. The summed E-state index contributed by atoms with van der Waals surface area (Å²) >= 11 is 0. The third-order valence-electron chi connectivity index (χ3n) is 6.19. The lowest BCUT2D eigenvalue weighted by Gasteiger charge is -2.37. The molecular formula is C28H26F3NO6. The first-order chi connectivity index (χ1) is 18.2. The Kier molecular flexibility index (Phi) is 8.21. The monoisotopic (exact) mass is 529 g/mol. The second-order valence-electron chi connectivity index (χ2n) is 8.75. The normalized spacial score (nSPS) is 15.9. The number of benzene rings is 3. The summed E-state index contributed by atoms with van der Waals surface area (Å²) in [4.78, 5) is 26.9. The molecule has 4 rings (SSSR count). The van der Waals surface area contributed by atoms with Gasteiger partial charge in [0.2, 0.25) is 0 Å². The van der Waals surface area contributed by atoms with E-state index in [0.717, 1.165) is 10.5 Å². The summed E-state index contributed by atoms with van der Waals surface area (Å²) in [6.45, 7) is -1.61. The summed E-state index contributed by atoms with van der Waals surface area (Å²) in [6, 6.07) is 19.1. The number of halogens is 3. The van der Waals surface area contributed by atoms with Gasteiger partial charge in [-0.05, 0) is 22.8 Å². The number of nitrogens with zero attached hydrogens (tertiary/aromatic N) is 1. The lowest BCUT2D eigenvalue weighted by molar-refractivity contribution is -0.193. The number of alkyl halides is 3. The highest BCUT2D eigenvalue weighted by Gasteiger charge is 2.41. The van der Waals surface area contributed by atoms with Crippen LogP contribution in [0, 0.1) is 0 Å². The zero-order valence-corrected chi connectivity index (χ0v) is 20.5. The highest BCUT2D eigenvalue weighted by atomic mass is 19.4. The Labute approximate surface area is 217 Å².